The van der Waals surface area contributed by atoms with Gasteiger partial charge in [-0.25, -0.2) is 14.9 Å². The number of ether oxygens (including phenoxy) is 1. The molecule has 0 radical (unpaired) electrons. The van der Waals surface area contributed by atoms with Crippen molar-refractivity contribution in [3.8, 4) is 0 Å². The number of aliphatic imine (C=N–C) groups is 3. The molecule has 0 spiro atoms. The van der Waals surface area contributed by atoms with E-state index in [1.54, 1.807) is 35.5 Å². The average molecular weight is 642 g/mol. The molecule has 2 amide bonds. The Kier molecular flexibility index (Phi) is 8.08. The Hall–Kier alpha value is -2.60. The van der Waals surface area contributed by atoms with Crippen molar-refractivity contribution in [2.24, 2.45) is 15.0 Å². The first-order chi connectivity index (χ1) is 20.8. The molecule has 5 aliphatic heterocycles. The van der Waals surface area contributed by atoms with Gasteiger partial charge < -0.3 is 27.7 Å². The highest BCUT2D eigenvalue weighted by Crippen LogP contribution is 2.48. The van der Waals surface area contributed by atoms with Gasteiger partial charge in [0.1, 0.15) is 30.5 Å². The number of amides is 2. The number of benzene rings is 1. The molecule has 5 aliphatic rings. The lowest BCUT2D eigenvalue weighted by Gasteiger charge is -2.51. The molecule has 238 valence electrons. The van der Waals surface area contributed by atoms with Gasteiger partial charge in [0.05, 0.1) is 24.1 Å². The quantitative estimate of drug-likeness (QED) is 0.379. The fourth-order valence-electron chi connectivity index (χ4n) is 7.24. The van der Waals surface area contributed by atoms with Crippen LogP contribution in [0.2, 0.25) is 22.2 Å². The highest BCUT2D eigenvalue weighted by molar-refractivity contribution is 6.84. The fourth-order valence-corrected chi connectivity index (χ4v) is 18.5. The number of carbonyl (C=O) groups is 2. The van der Waals surface area contributed by atoms with Gasteiger partial charge in [-0.1, -0.05) is 67.5 Å². The molecule has 6 unspecified atom stereocenters. The van der Waals surface area contributed by atoms with Crippen molar-refractivity contribution in [2.45, 2.75) is 114 Å². The Morgan fingerprint density at radius 1 is 0.886 bits per heavy atom. The molecule has 12 nitrogen and oxygen atoms in total. The van der Waals surface area contributed by atoms with Crippen molar-refractivity contribution < 1.29 is 32.4 Å². The SMILES string of the molecule is CC(C)[Si]1(C(C)C)OCC2OC(N3C=NC4C(N5C(=O)c6ccccc6C5=O)=NC=NC43)C(O)C2O[Si](C(C)C)(C(C)C)O1. The normalized spacial score (nSPS) is 32.4. The van der Waals surface area contributed by atoms with Gasteiger partial charge in [0.2, 0.25) is 0 Å². The van der Waals surface area contributed by atoms with Crippen LogP contribution in [0.1, 0.15) is 76.1 Å². The average Bonchev–Trinajstić information content (AvgIpc) is 3.60. The van der Waals surface area contributed by atoms with Crippen molar-refractivity contribution in [2.75, 3.05) is 6.61 Å². The van der Waals surface area contributed by atoms with Crippen LogP contribution in [0.25, 0.3) is 0 Å². The zero-order valence-electron chi connectivity index (χ0n) is 26.6. The number of rotatable bonds is 5. The van der Waals surface area contributed by atoms with E-state index in [1.807, 2.05) is 0 Å². The van der Waals surface area contributed by atoms with Gasteiger partial charge >= 0.3 is 17.1 Å². The second kappa shape index (κ2) is 11.3. The minimum absolute atomic E-state index is 0.0968. The molecule has 1 aromatic carbocycles. The number of hydrogen-bond acceptors (Lipinski definition) is 11. The highest BCUT2D eigenvalue weighted by atomic mass is 28.5. The van der Waals surface area contributed by atoms with Crippen LogP contribution in [0, 0.1) is 0 Å². The Bertz CT molecular complexity index is 1360. The van der Waals surface area contributed by atoms with Crippen LogP contribution in [-0.2, 0) is 17.7 Å². The second-order valence-corrected chi connectivity index (χ2v) is 22.3. The molecule has 1 N–H and O–H groups in total. The lowest BCUT2D eigenvalue weighted by molar-refractivity contribution is -0.0797. The van der Waals surface area contributed by atoms with Gasteiger partial charge in [0.15, 0.2) is 18.4 Å². The molecule has 44 heavy (non-hydrogen) atoms. The number of nitrogens with zero attached hydrogens (tertiary/aromatic N) is 5. The molecular formula is C30H43N5O7Si2. The molecule has 6 atom stereocenters. The van der Waals surface area contributed by atoms with Crippen LogP contribution in [-0.4, -0.2) is 106 Å². The van der Waals surface area contributed by atoms with Crippen LogP contribution < -0.4 is 0 Å². The Morgan fingerprint density at radius 3 is 2.05 bits per heavy atom. The molecule has 6 rings (SSSR count). The van der Waals surface area contributed by atoms with Crippen molar-refractivity contribution in [1.82, 2.24) is 9.80 Å². The third kappa shape index (κ3) is 4.60. The summed E-state index contributed by atoms with van der Waals surface area (Å²) in [5.41, 5.74) is 1.20. The Balaban J connectivity index is 1.28. The van der Waals surface area contributed by atoms with E-state index in [9.17, 15) is 14.7 Å². The van der Waals surface area contributed by atoms with Crippen LogP contribution in [0.4, 0.5) is 0 Å². The lowest BCUT2D eigenvalue weighted by Crippen LogP contribution is -2.66. The number of imide groups is 1. The number of fused-ring (bicyclic) bond motifs is 3. The van der Waals surface area contributed by atoms with E-state index >= 15 is 0 Å². The zero-order chi connectivity index (χ0) is 31.7. The predicted octanol–water partition coefficient (Wildman–Crippen LogP) is 3.80. The number of aliphatic hydroxyl groups is 1. The smallest absolute Gasteiger partial charge is 0.335 e. The first-order valence-electron chi connectivity index (χ1n) is 15.6. The number of carbonyl (C=O) groups excluding carboxylic acids is 2. The van der Waals surface area contributed by atoms with Crippen LogP contribution in [0.3, 0.4) is 0 Å². The number of hydrogen-bond donors (Lipinski definition) is 1. The molecule has 2 fully saturated rings. The van der Waals surface area contributed by atoms with Crippen LogP contribution in [0.5, 0.6) is 0 Å². The predicted molar refractivity (Wildman–Crippen MR) is 169 cm³/mol. The number of aliphatic hydroxyl groups excluding tert-OH is 1. The van der Waals surface area contributed by atoms with Crippen LogP contribution >= 0.6 is 0 Å². The van der Waals surface area contributed by atoms with Gasteiger partial charge in [-0.05, 0) is 34.3 Å². The number of amidine groups is 1. The largest absolute Gasteiger partial charge is 0.414 e. The molecular weight excluding hydrogens is 599 g/mol. The lowest BCUT2D eigenvalue weighted by atomic mass is 10.1. The molecule has 14 heteroatoms. The van der Waals surface area contributed by atoms with Gasteiger partial charge in [0, 0.05) is 0 Å². The molecule has 2 saturated heterocycles. The summed E-state index contributed by atoms with van der Waals surface area (Å²) in [6.07, 6.45) is -0.933. The molecule has 1 aromatic rings. The zero-order valence-corrected chi connectivity index (χ0v) is 28.6. The minimum Gasteiger partial charge on any atom is -0.414 e. The van der Waals surface area contributed by atoms with Gasteiger partial charge in [-0.2, -0.15) is 0 Å². The minimum atomic E-state index is -2.97. The molecule has 0 saturated carbocycles. The maximum Gasteiger partial charge on any atom is 0.335 e. The summed E-state index contributed by atoms with van der Waals surface area (Å²) >= 11 is 0. The fraction of sp³-hybridized carbons (Fsp3) is 0.633. The van der Waals surface area contributed by atoms with Crippen molar-refractivity contribution in [3.63, 3.8) is 0 Å². The van der Waals surface area contributed by atoms with E-state index in [1.165, 1.54) is 6.34 Å². The summed E-state index contributed by atoms with van der Waals surface area (Å²) in [4.78, 5) is 42.8. The topological polar surface area (TPSA) is 135 Å². The second-order valence-electron chi connectivity index (χ2n) is 13.4. The summed E-state index contributed by atoms with van der Waals surface area (Å²) < 4.78 is 27.7. The van der Waals surface area contributed by atoms with E-state index in [-0.39, 0.29) is 34.6 Å². The molecule has 0 aliphatic carbocycles. The maximum absolute atomic E-state index is 13.3. The van der Waals surface area contributed by atoms with E-state index in [4.69, 9.17) is 17.7 Å². The summed E-state index contributed by atoms with van der Waals surface area (Å²) in [6.45, 7) is 17.4. The summed E-state index contributed by atoms with van der Waals surface area (Å²) in [5, 5.41) is 11.8. The first kappa shape index (κ1) is 31.4. The van der Waals surface area contributed by atoms with Crippen LogP contribution in [0.15, 0.2) is 39.2 Å². The molecule has 0 aromatic heterocycles. The summed E-state index contributed by atoms with van der Waals surface area (Å²) in [5.74, 6) is -0.697. The van der Waals surface area contributed by atoms with Crippen molar-refractivity contribution in [1.29, 1.82) is 0 Å². The van der Waals surface area contributed by atoms with Crippen molar-refractivity contribution >= 4 is 47.4 Å². The van der Waals surface area contributed by atoms with Crippen molar-refractivity contribution in [3.05, 3.63) is 35.4 Å². The van der Waals surface area contributed by atoms with E-state index in [2.05, 4.69) is 70.4 Å². The van der Waals surface area contributed by atoms with Gasteiger partial charge in [0.25, 0.3) is 11.8 Å². The Labute approximate surface area is 260 Å². The standard InChI is InChI=1S/C30H43N5O7Si2/c1-16(2)43(17(3)4)39-13-22-25(41-44(42-43,18(5)6)19(7)8)24(36)30(40-22)34-15-33-23-26(34)31-14-32-27(23)35-28(37)20-11-9-10-12-21(20)29(35)38/h9-12,14-19,22-26,30,36H,13H2,1-8H3. The Morgan fingerprint density at radius 2 is 1.48 bits per heavy atom. The third-order valence-electron chi connectivity index (χ3n) is 9.58. The molecule has 5 heterocycles. The molecule has 0 bridgehead atoms. The highest BCUT2D eigenvalue weighted by Gasteiger charge is 2.62. The summed E-state index contributed by atoms with van der Waals surface area (Å²) in [6, 6.07) is 5.96. The monoisotopic (exact) mass is 641 g/mol. The van der Waals surface area contributed by atoms with Gasteiger partial charge in [-0.3, -0.25) is 14.6 Å². The maximum atomic E-state index is 13.3. The third-order valence-corrected chi connectivity index (χ3v) is 19.8. The van der Waals surface area contributed by atoms with E-state index in [0.717, 1.165) is 4.90 Å². The van der Waals surface area contributed by atoms with E-state index in [0.29, 0.717) is 11.1 Å². The van der Waals surface area contributed by atoms with Gasteiger partial charge in [-0.15, -0.1) is 0 Å². The van der Waals surface area contributed by atoms with E-state index < -0.39 is 65.7 Å². The summed E-state index contributed by atoms with van der Waals surface area (Å²) in [7, 11) is -5.76. The first-order valence-corrected chi connectivity index (χ1v) is 19.5.